The van der Waals surface area contributed by atoms with Gasteiger partial charge in [0.1, 0.15) is 5.38 Å². The van der Waals surface area contributed by atoms with Gasteiger partial charge in [0.15, 0.2) is 0 Å². The lowest BCUT2D eigenvalue weighted by Crippen LogP contribution is -2.51. The summed E-state index contributed by atoms with van der Waals surface area (Å²) in [6.07, 6.45) is 0. The van der Waals surface area contributed by atoms with Crippen molar-refractivity contribution >= 4 is 17.5 Å². The minimum absolute atomic E-state index is 0.0243. The number of carbonyl (C=O) groups excluding carboxylic acids is 1. The van der Waals surface area contributed by atoms with Crippen molar-refractivity contribution in [2.75, 3.05) is 26.2 Å². The first-order valence-electron chi connectivity index (χ1n) is 6.81. The molecule has 0 bridgehead atoms. The molecule has 0 aliphatic carbocycles. The quantitative estimate of drug-likeness (QED) is 0.795. The first-order valence-corrected chi connectivity index (χ1v) is 7.25. The predicted octanol–water partition coefficient (Wildman–Crippen LogP) is 2.52. The molecule has 1 fully saturated rings. The summed E-state index contributed by atoms with van der Waals surface area (Å²) in [5.41, 5.74) is 0.875. The highest BCUT2D eigenvalue weighted by molar-refractivity contribution is 6.30. The van der Waals surface area contributed by atoms with Gasteiger partial charge in [0.05, 0.1) is 0 Å². The molecule has 1 heterocycles. The number of halogens is 1. The minimum Gasteiger partial charge on any atom is -0.339 e. The predicted molar refractivity (Wildman–Crippen MR) is 78.3 cm³/mol. The van der Waals surface area contributed by atoms with Crippen LogP contribution in [0.4, 0.5) is 0 Å². The fourth-order valence-corrected chi connectivity index (χ4v) is 2.67. The van der Waals surface area contributed by atoms with Crippen molar-refractivity contribution in [1.29, 1.82) is 0 Å². The number of carbonyl (C=O) groups is 1. The Labute approximate surface area is 120 Å². The van der Waals surface area contributed by atoms with Crippen LogP contribution in [-0.2, 0) is 4.79 Å². The van der Waals surface area contributed by atoms with Gasteiger partial charge in [-0.3, -0.25) is 9.69 Å². The molecule has 19 heavy (non-hydrogen) atoms. The van der Waals surface area contributed by atoms with E-state index in [1.54, 1.807) is 0 Å². The SMILES string of the molecule is CC(C)N1CCN(C(=O)C(Cl)c2ccccc2)CC1. The van der Waals surface area contributed by atoms with Crippen molar-refractivity contribution in [3.8, 4) is 0 Å². The average molecular weight is 281 g/mol. The Morgan fingerprint density at radius 1 is 1.11 bits per heavy atom. The third-order valence-corrected chi connectivity index (χ3v) is 4.10. The second-order valence-corrected chi connectivity index (χ2v) is 5.66. The lowest BCUT2D eigenvalue weighted by atomic mass is 10.1. The number of nitrogens with zero attached hydrogens (tertiary/aromatic N) is 2. The van der Waals surface area contributed by atoms with E-state index in [-0.39, 0.29) is 5.91 Å². The zero-order valence-electron chi connectivity index (χ0n) is 11.6. The maximum absolute atomic E-state index is 12.4. The summed E-state index contributed by atoms with van der Waals surface area (Å²) in [4.78, 5) is 16.6. The number of hydrogen-bond acceptors (Lipinski definition) is 2. The molecule has 0 saturated carbocycles. The van der Waals surface area contributed by atoms with Crippen LogP contribution in [0, 0.1) is 0 Å². The van der Waals surface area contributed by atoms with Crippen molar-refractivity contribution in [3.05, 3.63) is 35.9 Å². The van der Waals surface area contributed by atoms with Crippen LogP contribution in [0.3, 0.4) is 0 Å². The highest BCUT2D eigenvalue weighted by atomic mass is 35.5. The standard InChI is InChI=1S/C15H21ClN2O/c1-12(2)17-8-10-18(11-9-17)15(19)14(16)13-6-4-3-5-7-13/h3-7,12,14H,8-11H2,1-2H3. The fourth-order valence-electron chi connectivity index (χ4n) is 2.38. The normalized spacial score (nSPS) is 18.6. The molecular formula is C15H21ClN2O. The molecule has 3 nitrogen and oxygen atoms in total. The molecule has 4 heteroatoms. The summed E-state index contributed by atoms with van der Waals surface area (Å²) in [7, 11) is 0. The Kier molecular flexibility index (Phi) is 4.83. The number of alkyl halides is 1. The van der Waals surface area contributed by atoms with Crippen molar-refractivity contribution in [2.24, 2.45) is 0 Å². The van der Waals surface area contributed by atoms with Crippen LogP contribution in [-0.4, -0.2) is 47.9 Å². The highest BCUT2D eigenvalue weighted by Gasteiger charge is 2.27. The van der Waals surface area contributed by atoms with Crippen molar-refractivity contribution < 1.29 is 4.79 Å². The van der Waals surface area contributed by atoms with E-state index in [9.17, 15) is 4.79 Å². The molecule has 2 rings (SSSR count). The lowest BCUT2D eigenvalue weighted by Gasteiger charge is -2.37. The molecule has 1 aromatic rings. The third-order valence-electron chi connectivity index (χ3n) is 3.67. The minimum atomic E-state index is -0.563. The molecule has 1 atom stereocenters. The second-order valence-electron chi connectivity index (χ2n) is 5.23. The number of amides is 1. The Bertz CT molecular complexity index is 413. The monoisotopic (exact) mass is 280 g/mol. The average Bonchev–Trinajstić information content (AvgIpc) is 2.46. The summed E-state index contributed by atoms with van der Waals surface area (Å²) in [5.74, 6) is 0.0243. The summed E-state index contributed by atoms with van der Waals surface area (Å²) < 4.78 is 0. The Hall–Kier alpha value is -1.06. The van der Waals surface area contributed by atoms with E-state index in [1.165, 1.54) is 0 Å². The molecule has 104 valence electrons. The molecule has 0 aromatic heterocycles. The summed E-state index contributed by atoms with van der Waals surface area (Å²) >= 11 is 6.28. The van der Waals surface area contributed by atoms with Crippen LogP contribution in [0.5, 0.6) is 0 Å². The van der Waals surface area contributed by atoms with Gasteiger partial charge in [0, 0.05) is 32.2 Å². The van der Waals surface area contributed by atoms with E-state index in [1.807, 2.05) is 35.2 Å². The number of benzene rings is 1. The number of piperazine rings is 1. The van der Waals surface area contributed by atoms with Gasteiger partial charge in [-0.2, -0.15) is 0 Å². The molecule has 0 radical (unpaired) electrons. The number of rotatable bonds is 3. The maximum atomic E-state index is 12.4. The summed E-state index contributed by atoms with van der Waals surface area (Å²) in [6, 6.07) is 10.1. The van der Waals surface area contributed by atoms with Crippen molar-refractivity contribution in [1.82, 2.24) is 9.80 Å². The molecule has 0 spiro atoms. The third kappa shape index (κ3) is 3.48. The van der Waals surface area contributed by atoms with Gasteiger partial charge in [-0.05, 0) is 19.4 Å². The van der Waals surface area contributed by atoms with Crippen LogP contribution in [0.2, 0.25) is 0 Å². The topological polar surface area (TPSA) is 23.6 Å². The van der Waals surface area contributed by atoms with E-state index >= 15 is 0 Å². The van der Waals surface area contributed by atoms with Crippen LogP contribution in [0.25, 0.3) is 0 Å². The van der Waals surface area contributed by atoms with E-state index in [0.717, 1.165) is 31.7 Å². The van der Waals surface area contributed by atoms with E-state index < -0.39 is 5.38 Å². The summed E-state index contributed by atoms with van der Waals surface area (Å²) in [5, 5.41) is -0.563. The van der Waals surface area contributed by atoms with Gasteiger partial charge in [-0.1, -0.05) is 30.3 Å². The zero-order valence-corrected chi connectivity index (χ0v) is 12.3. The fraction of sp³-hybridized carbons (Fsp3) is 0.533. The van der Waals surface area contributed by atoms with E-state index in [0.29, 0.717) is 6.04 Å². The Morgan fingerprint density at radius 3 is 2.21 bits per heavy atom. The molecule has 1 unspecified atom stereocenters. The molecule has 1 amide bonds. The largest absolute Gasteiger partial charge is 0.339 e. The molecule has 1 saturated heterocycles. The first kappa shape index (κ1) is 14.4. The van der Waals surface area contributed by atoms with Crippen LogP contribution in [0.1, 0.15) is 24.8 Å². The van der Waals surface area contributed by atoms with Gasteiger partial charge >= 0.3 is 0 Å². The van der Waals surface area contributed by atoms with Crippen molar-refractivity contribution in [2.45, 2.75) is 25.3 Å². The summed E-state index contributed by atoms with van der Waals surface area (Å²) in [6.45, 7) is 7.78. The molecule has 1 aliphatic heterocycles. The van der Waals surface area contributed by atoms with Gasteiger partial charge in [-0.15, -0.1) is 11.6 Å². The Balaban J connectivity index is 1.94. The van der Waals surface area contributed by atoms with E-state index in [4.69, 9.17) is 11.6 Å². The lowest BCUT2D eigenvalue weighted by molar-refractivity contribution is -0.132. The molecule has 0 N–H and O–H groups in total. The van der Waals surface area contributed by atoms with Crippen LogP contribution < -0.4 is 0 Å². The van der Waals surface area contributed by atoms with Gasteiger partial charge in [0.2, 0.25) is 5.91 Å². The molecule has 1 aliphatic rings. The maximum Gasteiger partial charge on any atom is 0.245 e. The highest BCUT2D eigenvalue weighted by Crippen LogP contribution is 2.23. The number of hydrogen-bond donors (Lipinski definition) is 0. The van der Waals surface area contributed by atoms with Gasteiger partial charge in [-0.25, -0.2) is 0 Å². The Morgan fingerprint density at radius 2 is 1.68 bits per heavy atom. The van der Waals surface area contributed by atoms with Gasteiger partial charge in [0.25, 0.3) is 0 Å². The van der Waals surface area contributed by atoms with Gasteiger partial charge < -0.3 is 4.90 Å². The molecular weight excluding hydrogens is 260 g/mol. The van der Waals surface area contributed by atoms with Crippen LogP contribution >= 0.6 is 11.6 Å². The van der Waals surface area contributed by atoms with Crippen molar-refractivity contribution in [3.63, 3.8) is 0 Å². The van der Waals surface area contributed by atoms with Crippen LogP contribution in [0.15, 0.2) is 30.3 Å². The smallest absolute Gasteiger partial charge is 0.245 e. The first-order chi connectivity index (χ1) is 9.09. The second kappa shape index (κ2) is 6.40. The molecule has 1 aromatic carbocycles. The van der Waals surface area contributed by atoms with E-state index in [2.05, 4.69) is 18.7 Å². The zero-order chi connectivity index (χ0) is 13.8.